The second kappa shape index (κ2) is 5.97. The second-order valence-electron chi connectivity index (χ2n) is 6.05. The number of ether oxygens (including phenoxy) is 1. The number of rotatable bonds is 3. The zero-order chi connectivity index (χ0) is 14.7. The van der Waals surface area contributed by atoms with Gasteiger partial charge in [0.2, 0.25) is 0 Å². The van der Waals surface area contributed by atoms with Crippen molar-refractivity contribution in [1.82, 2.24) is 9.97 Å². The summed E-state index contributed by atoms with van der Waals surface area (Å²) in [5.74, 6) is -0.402. The highest BCUT2D eigenvalue weighted by Gasteiger charge is 2.42. The van der Waals surface area contributed by atoms with Crippen molar-refractivity contribution in [2.75, 3.05) is 18.5 Å². The molecule has 1 spiro atoms. The van der Waals surface area contributed by atoms with Gasteiger partial charge in [0, 0.05) is 18.1 Å². The quantitative estimate of drug-likeness (QED) is 0.889. The van der Waals surface area contributed by atoms with E-state index in [2.05, 4.69) is 15.3 Å². The van der Waals surface area contributed by atoms with Gasteiger partial charge in [0.1, 0.15) is 5.82 Å². The van der Waals surface area contributed by atoms with E-state index in [9.17, 15) is 4.79 Å². The van der Waals surface area contributed by atoms with E-state index >= 15 is 0 Å². The van der Waals surface area contributed by atoms with Crippen LogP contribution in [-0.2, 0) is 4.74 Å². The Morgan fingerprint density at radius 2 is 2.10 bits per heavy atom. The summed E-state index contributed by atoms with van der Waals surface area (Å²) in [6.45, 7) is 1.57. The first-order valence-electron chi connectivity index (χ1n) is 7.59. The van der Waals surface area contributed by atoms with E-state index in [1.165, 1.54) is 44.5 Å². The van der Waals surface area contributed by atoms with Gasteiger partial charge in [-0.1, -0.05) is 19.3 Å². The van der Waals surface area contributed by atoms with Crippen molar-refractivity contribution in [2.24, 2.45) is 5.41 Å². The summed E-state index contributed by atoms with van der Waals surface area (Å²) in [7, 11) is 0. The number of aromatic carboxylic acids is 1. The molecule has 1 aromatic rings. The summed E-state index contributed by atoms with van der Waals surface area (Å²) in [6.07, 6.45) is 9.96. The average molecular weight is 291 g/mol. The van der Waals surface area contributed by atoms with Crippen LogP contribution in [0.15, 0.2) is 12.4 Å². The fourth-order valence-electron chi connectivity index (χ4n) is 3.55. The second-order valence-corrected chi connectivity index (χ2v) is 6.05. The Kier molecular flexibility index (Phi) is 4.05. The predicted molar refractivity (Wildman–Crippen MR) is 77.4 cm³/mol. The largest absolute Gasteiger partial charge is 0.476 e. The van der Waals surface area contributed by atoms with Gasteiger partial charge < -0.3 is 15.2 Å². The predicted octanol–water partition coefficient (Wildman–Crippen LogP) is 2.33. The Hall–Kier alpha value is -1.69. The van der Waals surface area contributed by atoms with Crippen LogP contribution in [0.25, 0.3) is 0 Å². The van der Waals surface area contributed by atoms with Crippen LogP contribution in [0.5, 0.6) is 0 Å². The van der Waals surface area contributed by atoms with E-state index in [0.29, 0.717) is 11.9 Å². The molecule has 0 aromatic carbocycles. The summed E-state index contributed by atoms with van der Waals surface area (Å²) < 4.78 is 5.73. The molecule has 0 bridgehead atoms. The van der Waals surface area contributed by atoms with Crippen molar-refractivity contribution >= 4 is 11.8 Å². The lowest BCUT2D eigenvalue weighted by Crippen LogP contribution is -2.49. The zero-order valence-electron chi connectivity index (χ0n) is 12.0. The molecule has 0 radical (unpaired) electrons. The number of nitrogens with one attached hydrogen (secondary N) is 1. The van der Waals surface area contributed by atoms with Crippen LogP contribution < -0.4 is 5.32 Å². The van der Waals surface area contributed by atoms with Crippen molar-refractivity contribution in [3.8, 4) is 0 Å². The Labute approximate surface area is 123 Å². The summed E-state index contributed by atoms with van der Waals surface area (Å²) in [6, 6.07) is 0.330. The van der Waals surface area contributed by atoms with E-state index in [4.69, 9.17) is 9.84 Å². The van der Waals surface area contributed by atoms with Gasteiger partial charge in [-0.2, -0.15) is 0 Å². The zero-order valence-corrected chi connectivity index (χ0v) is 12.0. The molecule has 1 aliphatic carbocycles. The van der Waals surface area contributed by atoms with Gasteiger partial charge in [-0.25, -0.2) is 14.8 Å². The molecule has 2 heterocycles. The third-order valence-corrected chi connectivity index (χ3v) is 4.72. The fourth-order valence-corrected chi connectivity index (χ4v) is 3.55. The maximum Gasteiger partial charge on any atom is 0.356 e. The van der Waals surface area contributed by atoms with Gasteiger partial charge in [-0.15, -0.1) is 0 Å². The van der Waals surface area contributed by atoms with Crippen molar-refractivity contribution in [3.05, 3.63) is 18.1 Å². The van der Waals surface area contributed by atoms with Gasteiger partial charge >= 0.3 is 5.97 Å². The summed E-state index contributed by atoms with van der Waals surface area (Å²) >= 11 is 0. The molecule has 2 N–H and O–H groups in total. The molecule has 3 rings (SSSR count). The van der Waals surface area contributed by atoms with E-state index in [1.54, 1.807) is 0 Å². The highest BCUT2D eigenvalue weighted by Crippen LogP contribution is 2.43. The molecule has 1 aromatic heterocycles. The fraction of sp³-hybridized carbons (Fsp3) is 0.667. The van der Waals surface area contributed by atoms with Gasteiger partial charge in [0.25, 0.3) is 0 Å². The summed E-state index contributed by atoms with van der Waals surface area (Å²) in [5.41, 5.74) is 0.170. The van der Waals surface area contributed by atoms with Gasteiger partial charge in [-0.05, 0) is 19.3 Å². The first-order chi connectivity index (χ1) is 10.2. The first-order valence-corrected chi connectivity index (χ1v) is 7.59. The lowest BCUT2D eigenvalue weighted by molar-refractivity contribution is -0.0373. The standard InChI is InChI=1S/C15H21N3O3/c19-14(20)11-8-17-13(9-16-11)18-12-4-7-21-10-15(12)5-2-1-3-6-15/h8-9,12H,1-7,10H2,(H,17,18)(H,19,20). The van der Waals surface area contributed by atoms with Crippen LogP contribution in [-0.4, -0.2) is 40.3 Å². The van der Waals surface area contributed by atoms with Crippen molar-refractivity contribution in [2.45, 2.75) is 44.6 Å². The number of hydrogen-bond donors (Lipinski definition) is 2. The summed E-state index contributed by atoms with van der Waals surface area (Å²) in [4.78, 5) is 18.9. The maximum atomic E-state index is 10.8. The molecule has 1 atom stereocenters. The smallest absolute Gasteiger partial charge is 0.356 e. The monoisotopic (exact) mass is 291 g/mol. The molecule has 2 aliphatic rings. The lowest BCUT2D eigenvalue weighted by Gasteiger charge is -2.46. The molecular formula is C15H21N3O3. The average Bonchev–Trinajstić information content (AvgIpc) is 2.51. The first kappa shape index (κ1) is 14.3. The van der Waals surface area contributed by atoms with Crippen molar-refractivity contribution in [1.29, 1.82) is 0 Å². The minimum Gasteiger partial charge on any atom is -0.476 e. The normalized spacial score (nSPS) is 24.7. The Bertz CT molecular complexity index is 489. The molecule has 1 aliphatic heterocycles. The molecule has 6 nitrogen and oxygen atoms in total. The van der Waals surface area contributed by atoms with Crippen LogP contribution >= 0.6 is 0 Å². The van der Waals surface area contributed by atoms with E-state index in [-0.39, 0.29) is 11.1 Å². The van der Waals surface area contributed by atoms with E-state index < -0.39 is 5.97 Å². The number of anilines is 1. The van der Waals surface area contributed by atoms with Gasteiger partial charge in [0.05, 0.1) is 19.0 Å². The highest BCUT2D eigenvalue weighted by molar-refractivity contribution is 5.84. The SMILES string of the molecule is O=C(O)c1cnc(NC2CCOCC23CCCCC3)cn1. The van der Waals surface area contributed by atoms with Crippen LogP contribution in [0.4, 0.5) is 5.82 Å². The molecule has 6 heteroatoms. The Balaban J connectivity index is 1.73. The number of hydrogen-bond acceptors (Lipinski definition) is 5. The minimum atomic E-state index is -1.05. The Morgan fingerprint density at radius 3 is 2.76 bits per heavy atom. The molecule has 1 saturated carbocycles. The van der Waals surface area contributed by atoms with Gasteiger partial charge in [0.15, 0.2) is 5.69 Å². The maximum absolute atomic E-state index is 10.8. The van der Waals surface area contributed by atoms with Crippen molar-refractivity contribution < 1.29 is 14.6 Å². The number of aromatic nitrogens is 2. The number of carboxylic acids is 1. The van der Waals surface area contributed by atoms with E-state index in [0.717, 1.165) is 19.6 Å². The van der Waals surface area contributed by atoms with Crippen molar-refractivity contribution in [3.63, 3.8) is 0 Å². The van der Waals surface area contributed by atoms with Gasteiger partial charge in [-0.3, -0.25) is 0 Å². The molecule has 21 heavy (non-hydrogen) atoms. The van der Waals surface area contributed by atoms with E-state index in [1.807, 2.05) is 0 Å². The van der Waals surface area contributed by atoms with Crippen LogP contribution in [0.2, 0.25) is 0 Å². The molecule has 1 unspecified atom stereocenters. The third kappa shape index (κ3) is 3.00. The molecule has 1 saturated heterocycles. The van der Waals surface area contributed by atoms with Crippen LogP contribution in [0, 0.1) is 5.41 Å². The van der Waals surface area contributed by atoms with Crippen LogP contribution in [0.3, 0.4) is 0 Å². The number of carbonyl (C=O) groups is 1. The molecular weight excluding hydrogens is 270 g/mol. The molecule has 2 fully saturated rings. The lowest BCUT2D eigenvalue weighted by atomic mass is 9.68. The highest BCUT2D eigenvalue weighted by atomic mass is 16.5. The summed E-state index contributed by atoms with van der Waals surface area (Å²) in [5, 5.41) is 12.3. The molecule has 114 valence electrons. The minimum absolute atomic E-state index is 0.0279. The Morgan fingerprint density at radius 1 is 1.29 bits per heavy atom. The molecule has 0 amide bonds. The number of carboxylic acid groups (broad SMARTS) is 1. The topological polar surface area (TPSA) is 84.3 Å². The number of nitrogens with zero attached hydrogens (tertiary/aromatic N) is 2. The third-order valence-electron chi connectivity index (χ3n) is 4.72. The van der Waals surface area contributed by atoms with Crippen LogP contribution in [0.1, 0.15) is 49.0 Å².